The Kier molecular flexibility index (Phi) is 7.77. The number of nitrogens with zero attached hydrogens (tertiary/aromatic N) is 1. The van der Waals surface area contributed by atoms with Gasteiger partial charge in [0.05, 0.1) is 17.1 Å². The smallest absolute Gasteiger partial charge is 0.264 e. The molecular formula is C29H27ClN2O3S. The molecule has 4 aromatic rings. The molecule has 0 unspecified atom stereocenters. The molecule has 7 heteroatoms. The van der Waals surface area contributed by atoms with Crippen molar-refractivity contribution in [2.45, 2.75) is 31.8 Å². The molecule has 0 bridgehead atoms. The van der Waals surface area contributed by atoms with Crippen molar-refractivity contribution in [3.05, 3.63) is 130 Å². The molecule has 0 saturated carbocycles. The number of aryl methyl sites for hydroxylation is 2. The summed E-state index contributed by atoms with van der Waals surface area (Å²) in [6.07, 6.45) is 0. The Morgan fingerprint density at radius 3 is 2.14 bits per heavy atom. The molecule has 0 radical (unpaired) electrons. The fourth-order valence-electron chi connectivity index (χ4n) is 3.79. The van der Waals surface area contributed by atoms with Crippen LogP contribution in [0.5, 0.6) is 0 Å². The van der Waals surface area contributed by atoms with E-state index in [9.17, 15) is 13.2 Å². The number of anilines is 1. The maximum Gasteiger partial charge on any atom is 0.264 e. The molecule has 5 nitrogen and oxygen atoms in total. The van der Waals surface area contributed by atoms with Crippen molar-refractivity contribution in [3.63, 3.8) is 0 Å². The van der Waals surface area contributed by atoms with Crippen LogP contribution >= 0.6 is 11.6 Å². The quantitative estimate of drug-likeness (QED) is 0.298. The third kappa shape index (κ3) is 5.96. The Morgan fingerprint density at radius 1 is 0.833 bits per heavy atom. The van der Waals surface area contributed by atoms with Gasteiger partial charge in [-0.3, -0.25) is 9.10 Å². The molecule has 0 fully saturated rings. The average molecular weight is 519 g/mol. The SMILES string of the molecule is Cc1ccc(CNC(=O)c2ccc(CN(c3cc(Cl)ccc3C)S(=O)(=O)c3ccccc3)cc2)cc1. The molecule has 184 valence electrons. The molecule has 4 aromatic carbocycles. The summed E-state index contributed by atoms with van der Waals surface area (Å²) < 4.78 is 28.6. The van der Waals surface area contributed by atoms with Gasteiger partial charge in [0.2, 0.25) is 0 Å². The van der Waals surface area contributed by atoms with Gasteiger partial charge in [-0.2, -0.15) is 0 Å². The molecule has 4 rings (SSSR count). The summed E-state index contributed by atoms with van der Waals surface area (Å²) in [5, 5.41) is 3.37. The molecule has 0 saturated heterocycles. The predicted octanol–water partition coefficient (Wildman–Crippen LogP) is 6.28. The number of sulfonamides is 1. The monoisotopic (exact) mass is 518 g/mol. The fourth-order valence-corrected chi connectivity index (χ4v) is 5.48. The predicted molar refractivity (Wildman–Crippen MR) is 145 cm³/mol. The van der Waals surface area contributed by atoms with E-state index in [4.69, 9.17) is 11.6 Å². The van der Waals surface area contributed by atoms with Crippen LogP contribution in [0.1, 0.15) is 32.6 Å². The van der Waals surface area contributed by atoms with Crippen molar-refractivity contribution < 1.29 is 13.2 Å². The maximum absolute atomic E-state index is 13.6. The first-order chi connectivity index (χ1) is 17.2. The van der Waals surface area contributed by atoms with E-state index in [1.807, 2.05) is 38.1 Å². The molecule has 0 aliphatic heterocycles. The minimum absolute atomic E-state index is 0.0870. The Hall–Kier alpha value is -3.61. The van der Waals surface area contributed by atoms with Gasteiger partial charge in [0.15, 0.2) is 0 Å². The van der Waals surface area contributed by atoms with E-state index < -0.39 is 10.0 Å². The number of carbonyl (C=O) groups excluding carboxylic acids is 1. The molecule has 0 heterocycles. The van der Waals surface area contributed by atoms with Crippen molar-refractivity contribution >= 4 is 33.2 Å². The van der Waals surface area contributed by atoms with Gasteiger partial charge < -0.3 is 5.32 Å². The van der Waals surface area contributed by atoms with E-state index in [1.54, 1.807) is 72.8 Å². The second kappa shape index (κ2) is 11.0. The van der Waals surface area contributed by atoms with Gasteiger partial charge in [0, 0.05) is 17.1 Å². The first-order valence-electron chi connectivity index (χ1n) is 11.5. The first-order valence-corrected chi connectivity index (χ1v) is 13.3. The molecule has 0 aromatic heterocycles. The Labute approximate surface area is 217 Å². The van der Waals surface area contributed by atoms with E-state index in [-0.39, 0.29) is 17.3 Å². The number of nitrogens with one attached hydrogen (secondary N) is 1. The Bertz CT molecular complexity index is 1450. The Morgan fingerprint density at radius 2 is 1.47 bits per heavy atom. The number of hydrogen-bond donors (Lipinski definition) is 1. The van der Waals surface area contributed by atoms with Crippen LogP contribution in [0, 0.1) is 13.8 Å². The van der Waals surface area contributed by atoms with Gasteiger partial charge in [-0.25, -0.2) is 8.42 Å². The van der Waals surface area contributed by atoms with Crippen LogP contribution in [0.25, 0.3) is 0 Å². The van der Waals surface area contributed by atoms with Crippen LogP contribution in [-0.4, -0.2) is 14.3 Å². The lowest BCUT2D eigenvalue weighted by molar-refractivity contribution is 0.0951. The molecule has 36 heavy (non-hydrogen) atoms. The van der Waals surface area contributed by atoms with Crippen molar-refractivity contribution in [2.75, 3.05) is 4.31 Å². The highest BCUT2D eigenvalue weighted by Crippen LogP contribution is 2.31. The van der Waals surface area contributed by atoms with Crippen LogP contribution in [0.3, 0.4) is 0 Å². The normalized spacial score (nSPS) is 11.2. The fraction of sp³-hybridized carbons (Fsp3) is 0.138. The van der Waals surface area contributed by atoms with Crippen molar-refractivity contribution in [2.24, 2.45) is 0 Å². The second-order valence-corrected chi connectivity index (χ2v) is 10.9. The zero-order chi connectivity index (χ0) is 25.7. The van der Waals surface area contributed by atoms with Crippen LogP contribution in [0.4, 0.5) is 5.69 Å². The van der Waals surface area contributed by atoms with E-state index in [1.165, 1.54) is 4.31 Å². The summed E-state index contributed by atoms with van der Waals surface area (Å²) in [5.74, 6) is -0.193. The summed E-state index contributed by atoms with van der Waals surface area (Å²) in [6, 6.07) is 28.4. The number of rotatable bonds is 8. The second-order valence-electron chi connectivity index (χ2n) is 8.62. The number of carbonyl (C=O) groups is 1. The van der Waals surface area contributed by atoms with E-state index >= 15 is 0 Å². The van der Waals surface area contributed by atoms with Crippen molar-refractivity contribution in [3.8, 4) is 0 Å². The zero-order valence-corrected chi connectivity index (χ0v) is 21.7. The highest BCUT2D eigenvalue weighted by atomic mass is 35.5. The van der Waals surface area contributed by atoms with Crippen molar-refractivity contribution in [1.29, 1.82) is 0 Å². The number of amides is 1. The molecule has 0 aliphatic rings. The topological polar surface area (TPSA) is 66.5 Å². The van der Waals surface area contributed by atoms with Gasteiger partial charge in [0.1, 0.15) is 0 Å². The number of hydrogen-bond acceptors (Lipinski definition) is 3. The van der Waals surface area contributed by atoms with E-state index in [2.05, 4.69) is 5.32 Å². The highest BCUT2D eigenvalue weighted by Gasteiger charge is 2.26. The first kappa shape index (κ1) is 25.5. The summed E-state index contributed by atoms with van der Waals surface area (Å²) in [5.41, 5.74) is 4.71. The molecule has 1 N–H and O–H groups in total. The highest BCUT2D eigenvalue weighted by molar-refractivity contribution is 7.92. The summed E-state index contributed by atoms with van der Waals surface area (Å²) in [7, 11) is -3.86. The molecule has 0 spiro atoms. The maximum atomic E-state index is 13.6. The van der Waals surface area contributed by atoms with Gasteiger partial charge in [-0.05, 0) is 66.9 Å². The van der Waals surface area contributed by atoms with E-state index in [0.717, 1.165) is 22.3 Å². The molecule has 1 amide bonds. The standard InChI is InChI=1S/C29H27ClN2O3S/c1-21-8-11-23(12-9-21)19-31-29(33)25-15-13-24(14-16-25)20-32(28-18-26(30)17-10-22(28)2)36(34,35)27-6-4-3-5-7-27/h3-18H,19-20H2,1-2H3,(H,31,33). The van der Waals surface area contributed by atoms with Crippen LogP contribution in [-0.2, 0) is 23.1 Å². The van der Waals surface area contributed by atoms with Gasteiger partial charge in [-0.1, -0.05) is 77.8 Å². The van der Waals surface area contributed by atoms with Crippen LogP contribution in [0.2, 0.25) is 5.02 Å². The summed E-state index contributed by atoms with van der Waals surface area (Å²) in [4.78, 5) is 12.8. The number of benzene rings is 4. The largest absolute Gasteiger partial charge is 0.348 e. The van der Waals surface area contributed by atoms with Gasteiger partial charge in [0.25, 0.3) is 15.9 Å². The lowest BCUT2D eigenvalue weighted by Gasteiger charge is -2.26. The summed E-state index contributed by atoms with van der Waals surface area (Å²) >= 11 is 6.23. The van der Waals surface area contributed by atoms with E-state index in [0.29, 0.717) is 22.8 Å². The third-order valence-corrected chi connectivity index (χ3v) is 7.90. The minimum atomic E-state index is -3.86. The zero-order valence-electron chi connectivity index (χ0n) is 20.1. The Balaban J connectivity index is 1.57. The van der Waals surface area contributed by atoms with Crippen LogP contribution < -0.4 is 9.62 Å². The van der Waals surface area contributed by atoms with Gasteiger partial charge >= 0.3 is 0 Å². The minimum Gasteiger partial charge on any atom is -0.348 e. The number of halogens is 1. The van der Waals surface area contributed by atoms with Crippen molar-refractivity contribution in [1.82, 2.24) is 5.32 Å². The lowest BCUT2D eigenvalue weighted by atomic mass is 10.1. The average Bonchev–Trinajstić information content (AvgIpc) is 2.89. The van der Waals surface area contributed by atoms with Gasteiger partial charge in [-0.15, -0.1) is 0 Å². The van der Waals surface area contributed by atoms with Crippen LogP contribution in [0.15, 0.2) is 102 Å². The summed E-state index contributed by atoms with van der Waals surface area (Å²) in [6.45, 7) is 4.38. The molecular weight excluding hydrogens is 492 g/mol. The lowest BCUT2D eigenvalue weighted by Crippen LogP contribution is -2.31. The molecule has 0 aliphatic carbocycles. The molecule has 0 atom stereocenters. The third-order valence-electron chi connectivity index (χ3n) is 5.89.